The average Bonchev–Trinajstić information content (AvgIpc) is 2.82. The van der Waals surface area contributed by atoms with E-state index in [1.54, 1.807) is 19.9 Å². The molecule has 5 N–H and O–H groups in total. The number of nitrogens with zero attached hydrogens (tertiary/aromatic N) is 6. The SMILES string of the molecule is C=C/C(=C\C(C#N)=C/C)n1c(C(C)Nc2nc(N)nc(N)c2C#N)nc2c(F)ccc(Cl)c2c1=O. The van der Waals surface area contributed by atoms with Crippen molar-refractivity contribution in [2.24, 2.45) is 0 Å². The average molecular weight is 492 g/mol. The summed E-state index contributed by atoms with van der Waals surface area (Å²) in [7, 11) is 0. The van der Waals surface area contributed by atoms with Crippen LogP contribution in [0, 0.1) is 28.5 Å². The van der Waals surface area contributed by atoms with E-state index in [1.165, 1.54) is 18.2 Å². The Morgan fingerprint density at radius 1 is 1.31 bits per heavy atom. The van der Waals surface area contributed by atoms with Crippen LogP contribution in [-0.2, 0) is 0 Å². The summed E-state index contributed by atoms with van der Waals surface area (Å²) < 4.78 is 15.9. The molecule has 0 aliphatic carbocycles. The first-order valence-electron chi connectivity index (χ1n) is 10.1. The number of hydrogen-bond donors (Lipinski definition) is 3. The van der Waals surface area contributed by atoms with E-state index in [0.717, 1.165) is 10.6 Å². The molecule has 1 unspecified atom stereocenters. The topological polar surface area (TPSA) is 172 Å². The van der Waals surface area contributed by atoms with Gasteiger partial charge in [0.05, 0.1) is 28.2 Å². The molecular weight excluding hydrogens is 473 g/mol. The summed E-state index contributed by atoms with van der Waals surface area (Å²) in [5.74, 6) is -1.08. The van der Waals surface area contributed by atoms with Gasteiger partial charge in [-0.15, -0.1) is 0 Å². The minimum absolute atomic E-state index is 0.00196. The summed E-state index contributed by atoms with van der Waals surface area (Å²) in [5, 5.41) is 21.6. The number of benzene rings is 1. The van der Waals surface area contributed by atoms with Crippen molar-refractivity contribution < 1.29 is 4.39 Å². The molecule has 0 amide bonds. The van der Waals surface area contributed by atoms with Crippen molar-refractivity contribution in [3.8, 4) is 12.1 Å². The number of nitrogens with one attached hydrogen (secondary N) is 1. The van der Waals surface area contributed by atoms with Crippen molar-refractivity contribution in [1.29, 1.82) is 10.5 Å². The van der Waals surface area contributed by atoms with E-state index < -0.39 is 17.4 Å². The number of nitriles is 2. The van der Waals surface area contributed by atoms with Gasteiger partial charge in [-0.2, -0.15) is 20.5 Å². The van der Waals surface area contributed by atoms with Crippen molar-refractivity contribution in [3.05, 3.63) is 75.1 Å². The molecule has 0 aliphatic rings. The maximum absolute atomic E-state index is 14.7. The van der Waals surface area contributed by atoms with Crippen LogP contribution >= 0.6 is 11.6 Å². The van der Waals surface area contributed by atoms with Crippen LogP contribution in [0.25, 0.3) is 16.6 Å². The summed E-state index contributed by atoms with van der Waals surface area (Å²) >= 11 is 6.23. The number of halogens is 2. The first-order valence-corrected chi connectivity index (χ1v) is 10.5. The van der Waals surface area contributed by atoms with Gasteiger partial charge in [0, 0.05) is 5.57 Å². The predicted molar refractivity (Wildman–Crippen MR) is 132 cm³/mol. The molecule has 35 heavy (non-hydrogen) atoms. The number of nitrogens with two attached hydrogens (primary N) is 2. The van der Waals surface area contributed by atoms with Gasteiger partial charge in [-0.3, -0.25) is 9.36 Å². The van der Waals surface area contributed by atoms with Gasteiger partial charge in [0.15, 0.2) is 5.82 Å². The van der Waals surface area contributed by atoms with E-state index in [1.807, 2.05) is 12.1 Å². The summed E-state index contributed by atoms with van der Waals surface area (Å²) in [4.78, 5) is 25.8. The van der Waals surface area contributed by atoms with Crippen LogP contribution in [0.5, 0.6) is 0 Å². The van der Waals surface area contributed by atoms with Crippen LogP contribution < -0.4 is 22.3 Å². The Morgan fingerprint density at radius 2 is 2.03 bits per heavy atom. The highest BCUT2D eigenvalue weighted by Gasteiger charge is 2.23. The summed E-state index contributed by atoms with van der Waals surface area (Å²) in [6, 6.07) is 5.38. The number of allylic oxidation sites excluding steroid dienone is 5. The van der Waals surface area contributed by atoms with E-state index in [9.17, 15) is 19.7 Å². The smallest absolute Gasteiger partial charge is 0.267 e. The standard InChI is InChI=1S/C23H19ClFN9O/c1-4-12(9-26)8-13(5-2)34-21(31-18-16(25)7-6-15(24)17(18)22(34)35)11(3)30-20-14(10-27)19(28)32-23(29)33-20/h4-8,11H,2H2,1,3H3,(H5,28,29,30,32,33)/b12-4+,13-8+. The lowest BCUT2D eigenvalue weighted by Gasteiger charge is -2.21. The first kappa shape index (κ1) is 24.9. The zero-order valence-corrected chi connectivity index (χ0v) is 19.4. The lowest BCUT2D eigenvalue weighted by Crippen LogP contribution is -2.28. The van der Waals surface area contributed by atoms with Crippen LogP contribution in [-0.4, -0.2) is 19.5 Å². The number of nitrogen functional groups attached to an aromatic ring is 2. The molecule has 1 atom stereocenters. The van der Waals surface area contributed by atoms with E-state index in [-0.39, 0.29) is 56.2 Å². The number of fused-ring (bicyclic) bond motifs is 1. The Morgan fingerprint density at radius 3 is 2.63 bits per heavy atom. The van der Waals surface area contributed by atoms with E-state index in [0.29, 0.717) is 0 Å². The molecule has 3 rings (SSSR count). The molecule has 0 saturated heterocycles. The fraction of sp³-hybridized carbons (Fsp3) is 0.130. The summed E-state index contributed by atoms with van der Waals surface area (Å²) in [6.45, 7) is 6.99. The monoisotopic (exact) mass is 491 g/mol. The Kier molecular flexibility index (Phi) is 7.14. The van der Waals surface area contributed by atoms with Gasteiger partial charge < -0.3 is 16.8 Å². The van der Waals surface area contributed by atoms with Crippen LogP contribution in [0.3, 0.4) is 0 Å². The molecule has 2 aromatic heterocycles. The Labute approximate surface area is 204 Å². The summed E-state index contributed by atoms with van der Waals surface area (Å²) in [6.07, 6.45) is 4.32. The second-order valence-corrected chi connectivity index (χ2v) is 7.57. The van der Waals surface area contributed by atoms with Gasteiger partial charge in [0.25, 0.3) is 5.56 Å². The van der Waals surface area contributed by atoms with Crippen LogP contribution in [0.15, 0.2) is 47.3 Å². The lowest BCUT2D eigenvalue weighted by molar-refractivity contribution is 0.632. The summed E-state index contributed by atoms with van der Waals surface area (Å²) in [5.41, 5.74) is 10.9. The van der Waals surface area contributed by atoms with Gasteiger partial charge >= 0.3 is 0 Å². The Bertz CT molecular complexity index is 1560. The van der Waals surface area contributed by atoms with Crippen molar-refractivity contribution in [2.45, 2.75) is 19.9 Å². The van der Waals surface area contributed by atoms with Crippen molar-refractivity contribution in [1.82, 2.24) is 19.5 Å². The van der Waals surface area contributed by atoms with Crippen molar-refractivity contribution in [3.63, 3.8) is 0 Å². The molecule has 10 nitrogen and oxygen atoms in total. The quantitative estimate of drug-likeness (QED) is 0.343. The van der Waals surface area contributed by atoms with E-state index >= 15 is 0 Å². The maximum Gasteiger partial charge on any atom is 0.267 e. The van der Waals surface area contributed by atoms with Gasteiger partial charge in [-0.25, -0.2) is 9.37 Å². The van der Waals surface area contributed by atoms with Gasteiger partial charge in [-0.1, -0.05) is 24.3 Å². The molecule has 12 heteroatoms. The fourth-order valence-electron chi connectivity index (χ4n) is 3.31. The fourth-order valence-corrected chi connectivity index (χ4v) is 3.54. The van der Waals surface area contributed by atoms with Crippen LogP contribution in [0.2, 0.25) is 5.02 Å². The first-order chi connectivity index (χ1) is 16.7. The van der Waals surface area contributed by atoms with Gasteiger partial charge in [0.1, 0.15) is 34.6 Å². The zero-order valence-electron chi connectivity index (χ0n) is 18.7. The minimum Gasteiger partial charge on any atom is -0.382 e. The van der Waals surface area contributed by atoms with E-state index in [2.05, 4.69) is 26.8 Å². The zero-order chi connectivity index (χ0) is 25.9. The third-order valence-electron chi connectivity index (χ3n) is 4.97. The van der Waals surface area contributed by atoms with Gasteiger partial charge in [0.2, 0.25) is 5.95 Å². The molecular formula is C23H19ClFN9O. The van der Waals surface area contributed by atoms with Crippen molar-refractivity contribution >= 4 is 45.8 Å². The third-order valence-corrected chi connectivity index (χ3v) is 5.28. The Hall–Kier alpha value is -4.74. The molecule has 176 valence electrons. The van der Waals surface area contributed by atoms with E-state index in [4.69, 9.17) is 23.1 Å². The van der Waals surface area contributed by atoms with Crippen LogP contribution in [0.4, 0.5) is 22.0 Å². The normalized spacial score (nSPS) is 12.6. The molecule has 0 aliphatic heterocycles. The molecule has 0 saturated carbocycles. The third kappa shape index (κ3) is 4.67. The minimum atomic E-state index is -0.856. The molecule has 1 aromatic carbocycles. The Balaban J connectivity index is 2.37. The van der Waals surface area contributed by atoms with Crippen LogP contribution in [0.1, 0.15) is 31.3 Å². The lowest BCUT2D eigenvalue weighted by atomic mass is 10.1. The number of hydrogen-bond acceptors (Lipinski definition) is 9. The molecule has 0 fully saturated rings. The second kappa shape index (κ2) is 10.0. The highest BCUT2D eigenvalue weighted by molar-refractivity contribution is 6.35. The molecule has 0 spiro atoms. The van der Waals surface area contributed by atoms with Crippen molar-refractivity contribution in [2.75, 3.05) is 16.8 Å². The number of aromatic nitrogens is 4. The highest BCUT2D eigenvalue weighted by atomic mass is 35.5. The highest BCUT2D eigenvalue weighted by Crippen LogP contribution is 2.28. The molecule has 3 aromatic rings. The molecule has 2 heterocycles. The largest absolute Gasteiger partial charge is 0.382 e. The molecule has 0 radical (unpaired) electrons. The predicted octanol–water partition coefficient (Wildman–Crippen LogP) is 3.68. The number of rotatable bonds is 6. The second-order valence-electron chi connectivity index (χ2n) is 7.16. The van der Waals surface area contributed by atoms with Gasteiger partial charge in [-0.05, 0) is 38.1 Å². The molecule has 0 bridgehead atoms. The maximum atomic E-state index is 14.7. The number of anilines is 3.